The molecule has 0 radical (unpaired) electrons. The number of carbonyl (C=O) groups excluding carboxylic acids is 1. The molecule has 0 aromatic heterocycles. The monoisotopic (exact) mass is 309 g/mol. The van der Waals surface area contributed by atoms with E-state index in [-0.39, 0.29) is 13.1 Å². The van der Waals surface area contributed by atoms with Crippen LogP contribution < -0.4 is 4.90 Å². The van der Waals surface area contributed by atoms with Crippen molar-refractivity contribution in [3.8, 4) is 0 Å². The van der Waals surface area contributed by atoms with Crippen LogP contribution in [0.5, 0.6) is 0 Å². The molecule has 8 heteroatoms. The second-order valence-electron chi connectivity index (χ2n) is 4.73. The SMILES string of the molecule is COC(=O)C1CCCN(c2c(F)c(F)c(F)c(F)c2F)C1. The first-order valence-electron chi connectivity index (χ1n) is 6.22. The van der Waals surface area contributed by atoms with Gasteiger partial charge in [-0.3, -0.25) is 4.79 Å². The van der Waals surface area contributed by atoms with Gasteiger partial charge < -0.3 is 9.64 Å². The van der Waals surface area contributed by atoms with Gasteiger partial charge in [-0.05, 0) is 12.8 Å². The van der Waals surface area contributed by atoms with Crippen molar-refractivity contribution in [3.63, 3.8) is 0 Å². The lowest BCUT2D eigenvalue weighted by atomic mass is 9.97. The quantitative estimate of drug-likeness (QED) is 0.364. The third-order valence-electron chi connectivity index (χ3n) is 3.46. The van der Waals surface area contributed by atoms with Crippen LogP contribution in [-0.2, 0) is 9.53 Å². The topological polar surface area (TPSA) is 29.5 Å². The summed E-state index contributed by atoms with van der Waals surface area (Å²) in [5, 5.41) is 0. The molecule has 0 N–H and O–H groups in total. The van der Waals surface area contributed by atoms with Crippen LogP contribution in [0.1, 0.15) is 12.8 Å². The first-order valence-corrected chi connectivity index (χ1v) is 6.22. The van der Waals surface area contributed by atoms with Crippen LogP contribution in [0, 0.1) is 35.0 Å². The molecular weight excluding hydrogens is 297 g/mol. The van der Waals surface area contributed by atoms with Gasteiger partial charge in [0.25, 0.3) is 0 Å². The molecule has 1 aromatic rings. The number of nitrogens with zero attached hydrogens (tertiary/aromatic N) is 1. The Hall–Kier alpha value is -1.86. The number of piperidine rings is 1. The number of hydrogen-bond donors (Lipinski definition) is 0. The van der Waals surface area contributed by atoms with Gasteiger partial charge >= 0.3 is 5.97 Å². The molecule has 0 spiro atoms. The van der Waals surface area contributed by atoms with Gasteiger partial charge in [0.1, 0.15) is 5.69 Å². The number of hydrogen-bond acceptors (Lipinski definition) is 3. The summed E-state index contributed by atoms with van der Waals surface area (Å²) < 4.78 is 71.4. The molecule has 1 heterocycles. The van der Waals surface area contributed by atoms with E-state index in [1.54, 1.807) is 0 Å². The number of ether oxygens (including phenoxy) is 1. The number of esters is 1. The third kappa shape index (κ3) is 2.66. The maximum Gasteiger partial charge on any atom is 0.310 e. The maximum absolute atomic E-state index is 13.7. The minimum atomic E-state index is -2.20. The molecule has 0 amide bonds. The number of rotatable bonds is 2. The number of methoxy groups -OCH3 is 1. The molecule has 1 aliphatic rings. The molecular formula is C13H12F5NO2. The second kappa shape index (κ2) is 5.87. The number of halogens is 5. The Balaban J connectivity index is 2.40. The van der Waals surface area contributed by atoms with Gasteiger partial charge in [-0.2, -0.15) is 0 Å². The van der Waals surface area contributed by atoms with E-state index < -0.39 is 46.7 Å². The fourth-order valence-electron chi connectivity index (χ4n) is 2.41. The van der Waals surface area contributed by atoms with Gasteiger partial charge in [0.05, 0.1) is 13.0 Å². The average Bonchev–Trinajstić information content (AvgIpc) is 2.50. The van der Waals surface area contributed by atoms with E-state index in [1.807, 2.05) is 0 Å². The highest BCUT2D eigenvalue weighted by molar-refractivity contribution is 5.73. The Morgan fingerprint density at radius 2 is 1.57 bits per heavy atom. The summed E-state index contributed by atoms with van der Waals surface area (Å²) in [4.78, 5) is 12.4. The molecule has 116 valence electrons. The van der Waals surface area contributed by atoms with Crippen molar-refractivity contribution in [1.29, 1.82) is 0 Å². The summed E-state index contributed by atoms with van der Waals surface area (Å²) in [6.45, 7) is -0.0725. The van der Waals surface area contributed by atoms with Crippen LogP contribution in [0.3, 0.4) is 0 Å². The average molecular weight is 309 g/mol. The van der Waals surface area contributed by atoms with Crippen molar-refractivity contribution in [2.24, 2.45) is 5.92 Å². The van der Waals surface area contributed by atoms with Gasteiger partial charge in [-0.15, -0.1) is 0 Å². The van der Waals surface area contributed by atoms with Crippen molar-refractivity contribution in [3.05, 3.63) is 29.1 Å². The van der Waals surface area contributed by atoms with E-state index in [9.17, 15) is 26.7 Å². The summed E-state index contributed by atoms with van der Waals surface area (Å²) in [5.41, 5.74) is -1.000. The first-order chi connectivity index (χ1) is 9.88. The van der Waals surface area contributed by atoms with Crippen LogP contribution >= 0.6 is 0 Å². The maximum atomic E-state index is 13.7. The van der Waals surface area contributed by atoms with Crippen molar-refractivity contribution in [2.45, 2.75) is 12.8 Å². The third-order valence-corrected chi connectivity index (χ3v) is 3.46. The molecule has 0 aliphatic carbocycles. The Morgan fingerprint density at radius 3 is 2.10 bits per heavy atom. The molecule has 0 bridgehead atoms. The van der Waals surface area contributed by atoms with Crippen LogP contribution in [0.15, 0.2) is 0 Å². The molecule has 21 heavy (non-hydrogen) atoms. The summed E-state index contributed by atoms with van der Waals surface area (Å²) in [6, 6.07) is 0. The van der Waals surface area contributed by atoms with Gasteiger partial charge in [-0.1, -0.05) is 0 Å². The van der Waals surface area contributed by atoms with Crippen LogP contribution in [0.4, 0.5) is 27.6 Å². The molecule has 1 aromatic carbocycles. The van der Waals surface area contributed by atoms with E-state index in [0.717, 1.165) is 4.90 Å². The fraction of sp³-hybridized carbons (Fsp3) is 0.462. The molecule has 0 saturated carbocycles. The summed E-state index contributed by atoms with van der Waals surface area (Å²) >= 11 is 0. The minimum absolute atomic E-state index is 0.0891. The van der Waals surface area contributed by atoms with E-state index in [4.69, 9.17) is 0 Å². The van der Waals surface area contributed by atoms with E-state index >= 15 is 0 Å². The molecule has 1 aliphatic heterocycles. The summed E-state index contributed by atoms with van der Waals surface area (Å²) in [5.74, 6) is -11.2. The second-order valence-corrected chi connectivity index (χ2v) is 4.73. The molecule has 1 unspecified atom stereocenters. The standard InChI is InChI=1S/C13H12F5NO2/c1-21-13(20)6-3-2-4-19(5-6)12-10(17)8(15)7(14)9(16)11(12)18/h6H,2-5H2,1H3. The first kappa shape index (κ1) is 15.5. The van der Waals surface area contributed by atoms with Crippen LogP contribution in [-0.4, -0.2) is 26.2 Å². The van der Waals surface area contributed by atoms with Gasteiger partial charge in [0, 0.05) is 13.1 Å². The molecule has 1 fully saturated rings. The zero-order valence-electron chi connectivity index (χ0n) is 11.1. The summed E-state index contributed by atoms with van der Waals surface area (Å²) in [6.07, 6.45) is 0.803. The predicted molar refractivity (Wildman–Crippen MR) is 63.2 cm³/mol. The smallest absolute Gasteiger partial charge is 0.310 e. The highest BCUT2D eigenvalue weighted by Crippen LogP contribution is 2.33. The highest BCUT2D eigenvalue weighted by atomic mass is 19.2. The Morgan fingerprint density at radius 1 is 1.05 bits per heavy atom. The van der Waals surface area contributed by atoms with E-state index in [2.05, 4.69) is 4.74 Å². The van der Waals surface area contributed by atoms with Gasteiger partial charge in [-0.25, -0.2) is 22.0 Å². The van der Waals surface area contributed by atoms with E-state index in [0.29, 0.717) is 12.8 Å². The Bertz CT molecular complexity index is 549. The largest absolute Gasteiger partial charge is 0.469 e. The normalized spacial score (nSPS) is 18.8. The number of anilines is 1. The fourth-order valence-corrected chi connectivity index (χ4v) is 2.41. The predicted octanol–water partition coefficient (Wildman–Crippen LogP) is 2.77. The van der Waals surface area contributed by atoms with Crippen LogP contribution in [0.25, 0.3) is 0 Å². The van der Waals surface area contributed by atoms with Crippen molar-refractivity contribution in [2.75, 3.05) is 25.1 Å². The van der Waals surface area contributed by atoms with Gasteiger partial charge in [0.2, 0.25) is 5.82 Å². The molecule has 3 nitrogen and oxygen atoms in total. The summed E-state index contributed by atoms with van der Waals surface area (Å²) in [7, 11) is 1.17. The van der Waals surface area contributed by atoms with Crippen molar-refractivity contribution in [1.82, 2.24) is 0 Å². The molecule has 1 atom stereocenters. The number of carbonyl (C=O) groups is 1. The zero-order valence-corrected chi connectivity index (χ0v) is 11.1. The minimum Gasteiger partial charge on any atom is -0.469 e. The lowest BCUT2D eigenvalue weighted by Crippen LogP contribution is -2.40. The van der Waals surface area contributed by atoms with Crippen molar-refractivity contribution < 1.29 is 31.5 Å². The molecule has 2 rings (SSSR count). The Kier molecular flexibility index (Phi) is 4.34. The number of benzene rings is 1. The lowest BCUT2D eigenvalue weighted by molar-refractivity contribution is -0.145. The van der Waals surface area contributed by atoms with Gasteiger partial charge in [0.15, 0.2) is 23.3 Å². The lowest BCUT2D eigenvalue weighted by Gasteiger charge is -2.33. The molecule has 1 saturated heterocycles. The Labute approximate surface area is 117 Å². The highest BCUT2D eigenvalue weighted by Gasteiger charge is 2.33. The van der Waals surface area contributed by atoms with E-state index in [1.165, 1.54) is 7.11 Å². The van der Waals surface area contributed by atoms with Crippen molar-refractivity contribution >= 4 is 11.7 Å². The van der Waals surface area contributed by atoms with Crippen LogP contribution in [0.2, 0.25) is 0 Å². The zero-order chi connectivity index (χ0) is 15.7.